The molecule has 0 radical (unpaired) electrons. The molecule has 12 rings (SSSR count). The van der Waals surface area contributed by atoms with Crippen LogP contribution >= 0.6 is 0 Å². The Balaban J connectivity index is 0.000000160. The van der Waals surface area contributed by atoms with Crippen LogP contribution in [0.3, 0.4) is 0 Å². The van der Waals surface area contributed by atoms with Crippen LogP contribution in [-0.4, -0.2) is 24.2 Å². The van der Waals surface area contributed by atoms with Crippen LogP contribution < -0.4 is 29.3 Å². The maximum Gasteiger partial charge on any atom is 0.220 e. The first-order valence-electron chi connectivity index (χ1n) is 37.9. The standard InChI is InChI=1S/C33H48NSi.C30H42NSi.C29H40NSi/c1-23-28(21-25(31(2,3)4)22-29(23)32(5,6)7)30-27-13-12-26(20-24(27)14-17-34(30)10)35(11)18-15-33(8,9)16-19-35;1-21-18-24(29(3,4)5)20-27(22(21)2)28-26-11-10-25(19-23(26)12-15-31(28)8)32(9)16-13-30(6,7)14-17-32;1-21-9-10-23(28(2,3)4)20-26(21)27-25-12-11-24(19-22(25)13-16-30(27)7)31(8)17-14-29(5,6)15-18-31/h12-14,17,20-22H,15-16,18-19H2,1-11H3;10-12,15,18-20H,13-14,16-17H2,1-9H3;9-13,16,19-20H,14-15,17-18H2,1-8H3/q3*+1. The van der Waals surface area contributed by atoms with E-state index in [1.165, 1.54) is 185 Å². The lowest BCUT2D eigenvalue weighted by Crippen LogP contribution is -2.48. The minimum atomic E-state index is -1.41. The Morgan fingerprint density at radius 3 is 0.949 bits per heavy atom. The molecule has 0 unspecified atom stereocenters. The first-order valence-corrected chi connectivity index (χ1v) is 46.6. The van der Waals surface area contributed by atoms with Crippen molar-refractivity contribution in [2.75, 3.05) is 0 Å². The maximum atomic E-state index is 2.62. The summed E-state index contributed by atoms with van der Waals surface area (Å²) in [6.45, 7) is 59.5. The lowest BCUT2D eigenvalue weighted by Gasteiger charge is -2.40. The predicted octanol–water partition coefficient (Wildman–Crippen LogP) is 22.7. The largest absolute Gasteiger partial charge is 0.220 e. The first-order chi connectivity index (χ1) is 45.2. The van der Waals surface area contributed by atoms with Crippen molar-refractivity contribution in [2.45, 2.75) is 268 Å². The van der Waals surface area contributed by atoms with Crippen LogP contribution in [0.4, 0.5) is 0 Å². The highest BCUT2D eigenvalue weighted by Crippen LogP contribution is 2.46. The second-order valence-electron chi connectivity index (χ2n) is 39.1. The Kier molecular flexibility index (Phi) is 20.5. The minimum Gasteiger partial charge on any atom is -0.200 e. The number of nitrogens with zero attached hydrogens (tertiary/aromatic N) is 3. The van der Waals surface area contributed by atoms with Gasteiger partial charge in [-0.15, -0.1) is 0 Å². The maximum absolute atomic E-state index is 2.62. The number of fused-ring (bicyclic) bond motifs is 3. The van der Waals surface area contributed by atoms with Crippen LogP contribution in [0, 0.1) is 43.9 Å². The molecular weight excluding hydrogens is 1230 g/mol. The third kappa shape index (κ3) is 15.8. The topological polar surface area (TPSA) is 11.6 Å². The summed E-state index contributed by atoms with van der Waals surface area (Å²) in [4.78, 5) is 0. The summed E-state index contributed by atoms with van der Waals surface area (Å²) < 4.78 is 6.96. The average molecular weight is 1360 g/mol. The molecule has 0 bridgehead atoms. The number of aromatic nitrogens is 3. The van der Waals surface area contributed by atoms with Crippen LogP contribution in [0.2, 0.25) is 55.9 Å². The van der Waals surface area contributed by atoms with Crippen molar-refractivity contribution in [3.8, 4) is 33.8 Å². The van der Waals surface area contributed by atoms with Crippen LogP contribution in [0.1, 0.15) is 208 Å². The zero-order valence-corrected chi connectivity index (χ0v) is 70.0. The smallest absolute Gasteiger partial charge is 0.200 e. The molecule has 6 aromatic carbocycles. The number of aryl methyl sites for hydroxylation is 5. The number of benzene rings is 6. The van der Waals surface area contributed by atoms with E-state index in [4.69, 9.17) is 0 Å². The quantitative estimate of drug-likeness (QED) is 0.116. The van der Waals surface area contributed by atoms with E-state index in [1.807, 2.05) is 0 Å². The molecule has 0 N–H and O–H groups in total. The monoisotopic (exact) mass is 1360 g/mol. The van der Waals surface area contributed by atoms with Crippen molar-refractivity contribution >= 4 is 72.1 Å². The van der Waals surface area contributed by atoms with E-state index in [2.05, 4.69) is 341 Å². The van der Waals surface area contributed by atoms with E-state index in [-0.39, 0.29) is 21.7 Å². The minimum absolute atomic E-state index is 0.103. The molecule has 522 valence electrons. The highest BCUT2D eigenvalue weighted by molar-refractivity contribution is 6.92. The highest BCUT2D eigenvalue weighted by atomic mass is 28.3. The van der Waals surface area contributed by atoms with Crippen molar-refractivity contribution < 1.29 is 13.7 Å². The molecule has 6 heterocycles. The Hall–Kier alpha value is -5.80. The van der Waals surface area contributed by atoms with Gasteiger partial charge in [-0.1, -0.05) is 295 Å². The molecule has 9 aromatic rings. The van der Waals surface area contributed by atoms with Crippen LogP contribution in [0.15, 0.2) is 134 Å². The predicted molar refractivity (Wildman–Crippen MR) is 437 cm³/mol. The highest BCUT2D eigenvalue weighted by Gasteiger charge is 2.41. The van der Waals surface area contributed by atoms with E-state index in [1.54, 1.807) is 15.6 Å². The lowest BCUT2D eigenvalue weighted by atomic mass is 9.76. The Labute approximate surface area is 599 Å². The van der Waals surface area contributed by atoms with Crippen molar-refractivity contribution in [3.63, 3.8) is 0 Å². The fourth-order valence-corrected chi connectivity index (χ4v) is 29.4. The van der Waals surface area contributed by atoms with Gasteiger partial charge in [0.2, 0.25) is 17.1 Å². The van der Waals surface area contributed by atoms with Crippen molar-refractivity contribution in [3.05, 3.63) is 178 Å². The Bertz CT molecular complexity index is 4460. The van der Waals surface area contributed by atoms with Gasteiger partial charge in [-0.3, -0.25) is 0 Å². The van der Waals surface area contributed by atoms with Gasteiger partial charge in [0.05, 0.1) is 51.5 Å². The number of hydrogen-bond acceptors (Lipinski definition) is 0. The molecule has 3 saturated heterocycles. The number of hydrogen-bond donors (Lipinski definition) is 0. The third-order valence-corrected chi connectivity index (χ3v) is 38.3. The molecule has 3 fully saturated rings. The summed E-state index contributed by atoms with van der Waals surface area (Å²) in [6.07, 6.45) is 15.0. The fraction of sp³-hybridized carbons (Fsp3) is 0.511. The summed E-state index contributed by atoms with van der Waals surface area (Å²) in [5.41, 5.74) is 21.4. The zero-order valence-electron chi connectivity index (χ0n) is 67.0. The molecule has 0 atom stereocenters. The molecule has 98 heavy (non-hydrogen) atoms. The molecule has 0 amide bonds. The van der Waals surface area contributed by atoms with E-state index in [0.29, 0.717) is 16.2 Å². The van der Waals surface area contributed by atoms with Gasteiger partial charge in [0.1, 0.15) is 21.1 Å². The molecule has 3 nitrogen and oxygen atoms in total. The zero-order chi connectivity index (χ0) is 72.1. The fourth-order valence-electron chi connectivity index (χ4n) is 16.6. The molecule has 3 aromatic heterocycles. The molecule has 0 saturated carbocycles. The van der Waals surface area contributed by atoms with E-state index in [9.17, 15) is 0 Å². The van der Waals surface area contributed by atoms with E-state index >= 15 is 0 Å². The van der Waals surface area contributed by atoms with Gasteiger partial charge >= 0.3 is 0 Å². The van der Waals surface area contributed by atoms with Gasteiger partial charge in [-0.05, 0) is 163 Å². The van der Waals surface area contributed by atoms with Crippen LogP contribution in [0.5, 0.6) is 0 Å². The molecule has 0 aliphatic carbocycles. The summed E-state index contributed by atoms with van der Waals surface area (Å²) in [7, 11) is 2.41. The van der Waals surface area contributed by atoms with Gasteiger partial charge in [0, 0.05) is 23.8 Å². The van der Waals surface area contributed by atoms with E-state index < -0.39 is 24.2 Å². The van der Waals surface area contributed by atoms with Gasteiger partial charge in [0.25, 0.3) is 0 Å². The second-order valence-corrected chi connectivity index (χ2v) is 53.2. The van der Waals surface area contributed by atoms with Gasteiger partial charge in [-0.2, -0.15) is 0 Å². The first kappa shape index (κ1) is 74.9. The SMILES string of the molecule is Cc1c(-c2c3ccc([Si]4(C)CCC(C)(C)CC4)cc3cc[n+]2C)cc(C(C)(C)C)cc1C(C)(C)C.Cc1cc(C(C)(C)C)cc(-c2c3ccc([Si]4(C)CCC(C)(C)CC4)cc3cc[n+]2C)c1C.Cc1ccc(C(C)(C)C)cc1-c1c2ccc([Si]3(C)CCC(C)(C)CC3)cc2cc[n+]1C. The van der Waals surface area contributed by atoms with E-state index in [0.717, 1.165) is 0 Å². The number of pyridine rings is 3. The van der Waals surface area contributed by atoms with Crippen molar-refractivity contribution in [1.82, 2.24) is 0 Å². The summed E-state index contributed by atoms with van der Waals surface area (Å²) in [6, 6.07) is 54.6. The summed E-state index contributed by atoms with van der Waals surface area (Å²) in [5.74, 6) is 0. The molecule has 6 heteroatoms. The van der Waals surface area contributed by atoms with Gasteiger partial charge in [-0.25, -0.2) is 13.7 Å². The normalized spacial score (nSPS) is 18.2. The molecule has 0 spiro atoms. The van der Waals surface area contributed by atoms with Crippen LogP contribution in [-0.2, 0) is 42.8 Å². The lowest BCUT2D eigenvalue weighted by molar-refractivity contribution is -0.659. The molecular formula is C92H130N3Si3+3. The van der Waals surface area contributed by atoms with Crippen molar-refractivity contribution in [1.29, 1.82) is 0 Å². The third-order valence-electron chi connectivity index (χ3n) is 25.1. The van der Waals surface area contributed by atoms with Gasteiger partial charge < -0.3 is 0 Å². The Morgan fingerprint density at radius 1 is 0.316 bits per heavy atom. The molecule has 3 aliphatic heterocycles. The summed E-state index contributed by atoms with van der Waals surface area (Å²) >= 11 is 0. The Morgan fingerprint density at radius 2 is 0.622 bits per heavy atom. The average Bonchev–Trinajstić information content (AvgIpc) is 0.762. The summed E-state index contributed by atoms with van der Waals surface area (Å²) in [5, 5.41) is 13.3. The number of rotatable bonds is 6. The van der Waals surface area contributed by atoms with Crippen molar-refractivity contribution in [2.24, 2.45) is 37.4 Å². The second kappa shape index (κ2) is 26.9. The van der Waals surface area contributed by atoms with Gasteiger partial charge in [0.15, 0.2) is 18.6 Å². The molecule has 3 aliphatic rings. The van der Waals surface area contributed by atoms with Crippen LogP contribution in [0.25, 0.3) is 66.1 Å².